The first kappa shape index (κ1) is 16.9. The molecule has 1 aromatic carbocycles. The summed E-state index contributed by atoms with van der Waals surface area (Å²) in [5.41, 5.74) is 0.983. The number of carbonyl (C=O) groups is 1. The zero-order chi connectivity index (χ0) is 18.3. The Morgan fingerprint density at radius 3 is 2.68 bits per heavy atom. The van der Waals surface area contributed by atoms with Gasteiger partial charge in [-0.25, -0.2) is 9.97 Å². The van der Waals surface area contributed by atoms with Gasteiger partial charge < -0.3 is 5.32 Å². The smallest absolute Gasteiger partial charge is 0.306 e. The van der Waals surface area contributed by atoms with E-state index in [-0.39, 0.29) is 5.69 Å². The number of rotatable bonds is 3. The van der Waals surface area contributed by atoms with Crippen LogP contribution in [0, 0.1) is 36.7 Å². The van der Waals surface area contributed by atoms with Crippen molar-refractivity contribution in [3.05, 3.63) is 56.1 Å². The fourth-order valence-corrected chi connectivity index (χ4v) is 3.78. The van der Waals surface area contributed by atoms with Crippen LogP contribution in [0.4, 0.5) is 15.8 Å². The van der Waals surface area contributed by atoms with Crippen molar-refractivity contribution in [2.75, 3.05) is 5.32 Å². The van der Waals surface area contributed by atoms with Gasteiger partial charge in [0.2, 0.25) is 5.82 Å². The molecule has 7 nitrogen and oxygen atoms in total. The number of fused-ring (bicyclic) bond motifs is 1. The fourth-order valence-electron chi connectivity index (χ4n) is 2.61. The lowest BCUT2D eigenvalue weighted by atomic mass is 10.1. The lowest BCUT2D eigenvalue weighted by Crippen LogP contribution is -2.11. The van der Waals surface area contributed by atoms with Gasteiger partial charge in [0, 0.05) is 22.8 Å². The van der Waals surface area contributed by atoms with Gasteiger partial charge in [-0.15, -0.1) is 11.3 Å². The molecule has 25 heavy (non-hydrogen) atoms. The molecule has 3 rings (SSSR count). The second-order valence-electron chi connectivity index (χ2n) is 5.47. The van der Waals surface area contributed by atoms with Crippen LogP contribution in [-0.4, -0.2) is 20.8 Å². The van der Waals surface area contributed by atoms with Gasteiger partial charge in [0.05, 0.1) is 9.80 Å². The number of nitro benzene ring substituents is 1. The minimum absolute atomic E-state index is 0.147. The molecule has 0 aliphatic carbocycles. The molecule has 0 fully saturated rings. The van der Waals surface area contributed by atoms with Crippen molar-refractivity contribution in [2.45, 2.75) is 20.8 Å². The molecule has 0 saturated carbocycles. The van der Waals surface area contributed by atoms with Gasteiger partial charge in [-0.2, -0.15) is 4.39 Å². The highest BCUT2D eigenvalue weighted by Crippen LogP contribution is 2.32. The highest BCUT2D eigenvalue weighted by atomic mass is 32.1. The van der Waals surface area contributed by atoms with E-state index in [1.807, 2.05) is 6.92 Å². The number of aryl methyl sites for hydroxylation is 3. The number of carbonyl (C=O) groups excluding carboxylic acids is 1. The van der Waals surface area contributed by atoms with E-state index in [1.54, 1.807) is 13.8 Å². The molecule has 0 saturated heterocycles. The summed E-state index contributed by atoms with van der Waals surface area (Å²) in [6.07, 6.45) is 0. The summed E-state index contributed by atoms with van der Waals surface area (Å²) in [6, 6.07) is 3.22. The maximum Gasteiger partial charge on any atom is 0.306 e. The number of hydrogen-bond acceptors (Lipinski definition) is 6. The van der Waals surface area contributed by atoms with Crippen LogP contribution in [0.3, 0.4) is 0 Å². The Labute approximate surface area is 145 Å². The van der Waals surface area contributed by atoms with Crippen molar-refractivity contribution in [3.63, 3.8) is 0 Å². The van der Waals surface area contributed by atoms with Crippen LogP contribution in [0.5, 0.6) is 0 Å². The lowest BCUT2D eigenvalue weighted by molar-refractivity contribution is -0.387. The number of hydrogen-bond donors (Lipinski definition) is 1. The highest BCUT2D eigenvalue weighted by molar-refractivity contribution is 7.20. The third-order valence-corrected chi connectivity index (χ3v) is 4.87. The summed E-state index contributed by atoms with van der Waals surface area (Å²) >= 11 is 1.22. The van der Waals surface area contributed by atoms with Crippen LogP contribution in [-0.2, 0) is 0 Å². The molecule has 0 bridgehead atoms. The van der Waals surface area contributed by atoms with E-state index < -0.39 is 22.3 Å². The van der Waals surface area contributed by atoms with Crippen molar-refractivity contribution >= 4 is 38.8 Å². The maximum atomic E-state index is 13.4. The zero-order valence-corrected chi connectivity index (χ0v) is 14.4. The molecule has 2 heterocycles. The molecule has 3 aromatic rings. The SMILES string of the molecule is Cc1nc(C)c2c(C)c(C(=O)Nc3ccc(F)c([N+](=O)[O-])c3)sc2n1. The molecular weight excluding hydrogens is 347 g/mol. The molecule has 0 radical (unpaired) electrons. The number of halogens is 1. The number of aromatic nitrogens is 2. The molecule has 1 N–H and O–H groups in total. The molecule has 128 valence electrons. The Kier molecular flexibility index (Phi) is 4.17. The Balaban J connectivity index is 1.98. The van der Waals surface area contributed by atoms with Crippen LogP contribution >= 0.6 is 11.3 Å². The van der Waals surface area contributed by atoms with Gasteiger partial charge in [0.1, 0.15) is 10.7 Å². The largest absolute Gasteiger partial charge is 0.321 e. The third-order valence-electron chi connectivity index (χ3n) is 3.69. The molecule has 1 amide bonds. The highest BCUT2D eigenvalue weighted by Gasteiger charge is 2.20. The first-order valence-corrected chi connectivity index (χ1v) is 8.09. The first-order valence-electron chi connectivity index (χ1n) is 7.27. The normalized spacial score (nSPS) is 10.9. The van der Waals surface area contributed by atoms with E-state index in [4.69, 9.17) is 0 Å². The van der Waals surface area contributed by atoms with Gasteiger partial charge in [-0.05, 0) is 38.5 Å². The van der Waals surface area contributed by atoms with Crippen molar-refractivity contribution < 1.29 is 14.1 Å². The van der Waals surface area contributed by atoms with Gasteiger partial charge in [-0.1, -0.05) is 0 Å². The van der Waals surface area contributed by atoms with Crippen LogP contribution in [0.15, 0.2) is 18.2 Å². The molecule has 9 heteroatoms. The predicted octanol–water partition coefficient (Wildman–Crippen LogP) is 3.92. The summed E-state index contributed by atoms with van der Waals surface area (Å²) in [5.74, 6) is -0.770. The van der Waals surface area contributed by atoms with Crippen LogP contribution < -0.4 is 5.32 Å². The number of nitro groups is 1. The first-order chi connectivity index (χ1) is 11.8. The molecule has 0 unspecified atom stereocenters. The molecule has 0 aliphatic rings. The van der Waals surface area contributed by atoms with E-state index in [1.165, 1.54) is 17.4 Å². The van der Waals surface area contributed by atoms with Crippen molar-refractivity contribution in [2.24, 2.45) is 0 Å². The molecular formula is C16H13FN4O3S. The van der Waals surface area contributed by atoms with Crippen molar-refractivity contribution in [1.29, 1.82) is 0 Å². The zero-order valence-electron chi connectivity index (χ0n) is 13.6. The number of amides is 1. The molecule has 2 aromatic heterocycles. The number of thiophene rings is 1. The summed E-state index contributed by atoms with van der Waals surface area (Å²) in [7, 11) is 0. The number of nitrogens with one attached hydrogen (secondary N) is 1. The van der Waals surface area contributed by atoms with Gasteiger partial charge >= 0.3 is 5.69 Å². The van der Waals surface area contributed by atoms with Gasteiger partial charge in [0.15, 0.2) is 0 Å². The van der Waals surface area contributed by atoms with Gasteiger partial charge in [-0.3, -0.25) is 14.9 Å². The second-order valence-corrected chi connectivity index (χ2v) is 6.47. The molecule has 0 atom stereocenters. The topological polar surface area (TPSA) is 98.0 Å². The Hall–Kier alpha value is -2.94. The third kappa shape index (κ3) is 3.05. The van der Waals surface area contributed by atoms with E-state index >= 15 is 0 Å². The molecule has 0 spiro atoms. The monoisotopic (exact) mass is 360 g/mol. The maximum absolute atomic E-state index is 13.4. The van der Waals surface area contributed by atoms with Crippen LogP contribution in [0.25, 0.3) is 10.2 Å². The van der Waals surface area contributed by atoms with Crippen LogP contribution in [0.1, 0.15) is 26.8 Å². The van der Waals surface area contributed by atoms with E-state index in [9.17, 15) is 19.3 Å². The number of anilines is 1. The lowest BCUT2D eigenvalue weighted by Gasteiger charge is -2.05. The predicted molar refractivity (Wildman–Crippen MR) is 92.6 cm³/mol. The van der Waals surface area contributed by atoms with Crippen molar-refractivity contribution in [3.8, 4) is 0 Å². The number of nitrogens with zero attached hydrogens (tertiary/aromatic N) is 3. The van der Waals surface area contributed by atoms with Crippen molar-refractivity contribution in [1.82, 2.24) is 9.97 Å². The standard InChI is InChI=1S/C16H13FN4O3S/c1-7-13-8(2)18-9(3)19-16(13)25-14(7)15(22)20-10-4-5-11(17)12(6-10)21(23)24/h4-6H,1-3H3,(H,20,22). The molecule has 0 aliphatic heterocycles. The summed E-state index contributed by atoms with van der Waals surface area (Å²) in [6.45, 7) is 5.42. The average molecular weight is 360 g/mol. The minimum Gasteiger partial charge on any atom is -0.321 e. The summed E-state index contributed by atoms with van der Waals surface area (Å²) < 4.78 is 13.4. The van der Waals surface area contributed by atoms with E-state index in [0.29, 0.717) is 15.5 Å². The average Bonchev–Trinajstić information content (AvgIpc) is 2.85. The minimum atomic E-state index is -0.956. The van der Waals surface area contributed by atoms with Gasteiger partial charge in [0.25, 0.3) is 5.91 Å². The number of benzene rings is 1. The van der Waals surface area contributed by atoms with E-state index in [2.05, 4.69) is 15.3 Å². The Bertz CT molecular complexity index is 1030. The van der Waals surface area contributed by atoms with E-state index in [0.717, 1.165) is 28.8 Å². The summed E-state index contributed by atoms with van der Waals surface area (Å²) in [5, 5.41) is 14.2. The quantitative estimate of drug-likeness (QED) is 0.564. The van der Waals surface area contributed by atoms with Crippen LogP contribution in [0.2, 0.25) is 0 Å². The fraction of sp³-hybridized carbons (Fsp3) is 0.188. The Morgan fingerprint density at radius 2 is 2.00 bits per heavy atom. The second kappa shape index (κ2) is 6.17. The Morgan fingerprint density at radius 1 is 1.28 bits per heavy atom. The summed E-state index contributed by atoms with van der Waals surface area (Å²) in [4.78, 5) is 32.3.